The molecule has 1 aromatic rings. The van der Waals surface area contributed by atoms with Gasteiger partial charge in [0.1, 0.15) is 11.6 Å². The molecule has 2 amide bonds. The number of aryl methyl sites for hydroxylation is 3. The van der Waals surface area contributed by atoms with Crippen molar-refractivity contribution in [3.8, 4) is 0 Å². The second kappa shape index (κ2) is 8.98. The van der Waals surface area contributed by atoms with Gasteiger partial charge in [0.25, 0.3) is 0 Å². The molecule has 0 spiro atoms. The van der Waals surface area contributed by atoms with Crippen LogP contribution < -0.4 is 5.32 Å². The zero-order chi connectivity index (χ0) is 17.5. The fourth-order valence-corrected chi connectivity index (χ4v) is 3.00. The van der Waals surface area contributed by atoms with Crippen molar-refractivity contribution < 1.29 is 9.53 Å². The summed E-state index contributed by atoms with van der Waals surface area (Å²) >= 11 is 0. The van der Waals surface area contributed by atoms with E-state index in [1.54, 1.807) is 0 Å². The average molecular weight is 338 g/mol. The largest absolute Gasteiger partial charge is 0.379 e. The van der Waals surface area contributed by atoms with Crippen LogP contribution in [-0.4, -0.2) is 84.1 Å². The second-order valence-electron chi connectivity index (χ2n) is 6.66. The van der Waals surface area contributed by atoms with E-state index < -0.39 is 0 Å². The van der Waals surface area contributed by atoms with E-state index in [9.17, 15) is 4.79 Å². The predicted octanol–water partition coefficient (Wildman–Crippen LogP) is 0.505. The minimum atomic E-state index is -0.00394. The quantitative estimate of drug-likeness (QED) is 0.765. The van der Waals surface area contributed by atoms with Gasteiger partial charge in [-0.05, 0) is 34.4 Å². The molecule has 2 heterocycles. The van der Waals surface area contributed by atoms with Gasteiger partial charge in [0.15, 0.2) is 0 Å². The highest BCUT2D eigenvalue weighted by Gasteiger charge is 2.22. The van der Waals surface area contributed by atoms with Crippen LogP contribution in [0.15, 0.2) is 0 Å². The van der Waals surface area contributed by atoms with Crippen molar-refractivity contribution in [1.29, 1.82) is 0 Å². The molecule has 0 bridgehead atoms. The van der Waals surface area contributed by atoms with Crippen molar-refractivity contribution in [3.63, 3.8) is 0 Å². The third-order valence-corrected chi connectivity index (χ3v) is 4.03. The van der Waals surface area contributed by atoms with Gasteiger partial charge in [0.2, 0.25) is 0 Å². The zero-order valence-electron chi connectivity index (χ0n) is 15.3. The number of hydrogen-bond donors (Lipinski definition) is 1. The lowest BCUT2D eigenvalue weighted by Crippen LogP contribution is -2.44. The molecule has 1 aliphatic heterocycles. The molecular weight excluding hydrogens is 308 g/mol. The number of carbonyl (C=O) groups is 1. The fourth-order valence-electron chi connectivity index (χ4n) is 3.00. The van der Waals surface area contributed by atoms with Gasteiger partial charge in [-0.25, -0.2) is 9.78 Å². The van der Waals surface area contributed by atoms with E-state index in [0.717, 1.165) is 37.7 Å². The maximum absolute atomic E-state index is 12.4. The molecule has 2 rings (SSSR count). The van der Waals surface area contributed by atoms with Crippen LogP contribution in [0, 0.1) is 19.8 Å². The second-order valence-corrected chi connectivity index (χ2v) is 6.66. The van der Waals surface area contributed by atoms with Crippen LogP contribution in [0.2, 0.25) is 0 Å². The topological polar surface area (TPSA) is 75.5 Å². The number of hydrogen-bond acceptors (Lipinski definition) is 5. The molecule has 0 saturated carbocycles. The van der Waals surface area contributed by atoms with E-state index in [1.165, 1.54) is 0 Å². The Morgan fingerprint density at radius 2 is 2.21 bits per heavy atom. The average Bonchev–Trinajstić information content (AvgIpc) is 2.71. The number of aromatic nitrogens is 3. The van der Waals surface area contributed by atoms with E-state index in [4.69, 9.17) is 4.74 Å². The van der Waals surface area contributed by atoms with Crippen molar-refractivity contribution in [2.24, 2.45) is 5.92 Å². The number of urea groups is 1. The number of amides is 2. The standard InChI is InChI=1S/C16H30N6O2/c1-13-18-14(2)22(19-13)7-5-6-17-16(23)21-8-9-24-12-15(11-21)10-20(3)4/h15H,5-12H2,1-4H3,(H,17,23)/t15-/m0/s1. The summed E-state index contributed by atoms with van der Waals surface area (Å²) in [6.45, 7) is 8.86. The molecule has 8 heteroatoms. The number of carbonyl (C=O) groups excluding carboxylic acids is 1. The minimum Gasteiger partial charge on any atom is -0.379 e. The Kier molecular flexibility index (Phi) is 6.99. The van der Waals surface area contributed by atoms with Crippen molar-refractivity contribution in [2.45, 2.75) is 26.8 Å². The van der Waals surface area contributed by atoms with Gasteiger partial charge in [-0.15, -0.1) is 0 Å². The Bertz CT molecular complexity index is 531. The molecule has 0 radical (unpaired) electrons. The van der Waals surface area contributed by atoms with E-state index in [1.807, 2.05) is 37.5 Å². The van der Waals surface area contributed by atoms with Gasteiger partial charge in [0.05, 0.1) is 13.2 Å². The summed E-state index contributed by atoms with van der Waals surface area (Å²) < 4.78 is 7.50. The van der Waals surface area contributed by atoms with E-state index >= 15 is 0 Å². The summed E-state index contributed by atoms with van der Waals surface area (Å²) in [7, 11) is 4.09. The van der Waals surface area contributed by atoms with Gasteiger partial charge in [-0.3, -0.25) is 4.68 Å². The highest BCUT2D eigenvalue weighted by Crippen LogP contribution is 2.08. The fraction of sp³-hybridized carbons (Fsp3) is 0.812. The summed E-state index contributed by atoms with van der Waals surface area (Å²) in [5.41, 5.74) is 0. The van der Waals surface area contributed by atoms with Crippen molar-refractivity contribution in [2.75, 3.05) is 53.5 Å². The monoisotopic (exact) mass is 338 g/mol. The van der Waals surface area contributed by atoms with Gasteiger partial charge in [0, 0.05) is 38.6 Å². The number of nitrogens with one attached hydrogen (secondary N) is 1. The van der Waals surface area contributed by atoms with E-state index in [-0.39, 0.29) is 6.03 Å². The number of ether oxygens (including phenoxy) is 1. The van der Waals surface area contributed by atoms with Crippen LogP contribution in [0.3, 0.4) is 0 Å². The molecule has 1 fully saturated rings. The summed E-state index contributed by atoms with van der Waals surface area (Å²) in [6, 6.07) is -0.00394. The summed E-state index contributed by atoms with van der Waals surface area (Å²) in [5.74, 6) is 2.05. The molecule has 1 aliphatic rings. The Labute approximate surface area is 144 Å². The van der Waals surface area contributed by atoms with Crippen LogP contribution >= 0.6 is 0 Å². The lowest BCUT2D eigenvalue weighted by molar-refractivity contribution is 0.112. The van der Waals surface area contributed by atoms with Crippen LogP contribution in [0.25, 0.3) is 0 Å². The smallest absolute Gasteiger partial charge is 0.317 e. The number of rotatable bonds is 6. The van der Waals surface area contributed by atoms with E-state index in [0.29, 0.717) is 32.2 Å². The molecular formula is C16H30N6O2. The first-order valence-electron chi connectivity index (χ1n) is 8.59. The Balaban J connectivity index is 1.73. The zero-order valence-corrected chi connectivity index (χ0v) is 15.3. The lowest BCUT2D eigenvalue weighted by Gasteiger charge is -2.25. The maximum atomic E-state index is 12.4. The van der Waals surface area contributed by atoms with Crippen LogP contribution in [0.1, 0.15) is 18.1 Å². The molecule has 0 aromatic carbocycles. The summed E-state index contributed by atoms with van der Waals surface area (Å²) in [5, 5.41) is 7.33. The molecule has 0 aliphatic carbocycles. The van der Waals surface area contributed by atoms with Crippen LogP contribution in [0.4, 0.5) is 4.79 Å². The highest BCUT2D eigenvalue weighted by atomic mass is 16.5. The molecule has 1 saturated heterocycles. The molecule has 0 unspecified atom stereocenters. The normalized spacial score (nSPS) is 18.7. The molecule has 24 heavy (non-hydrogen) atoms. The van der Waals surface area contributed by atoms with Gasteiger partial charge < -0.3 is 19.9 Å². The number of nitrogens with zero attached hydrogens (tertiary/aromatic N) is 5. The first-order valence-corrected chi connectivity index (χ1v) is 8.59. The Morgan fingerprint density at radius 1 is 1.42 bits per heavy atom. The van der Waals surface area contributed by atoms with Gasteiger partial charge in [-0.1, -0.05) is 0 Å². The summed E-state index contributed by atoms with van der Waals surface area (Å²) in [6.07, 6.45) is 0.834. The first kappa shape index (κ1) is 18.7. The minimum absolute atomic E-state index is 0.00394. The summed E-state index contributed by atoms with van der Waals surface area (Å²) in [4.78, 5) is 20.7. The maximum Gasteiger partial charge on any atom is 0.317 e. The SMILES string of the molecule is Cc1nc(C)n(CCCNC(=O)N2CCOC[C@@H](CN(C)C)C2)n1. The highest BCUT2D eigenvalue weighted by molar-refractivity contribution is 5.74. The van der Waals surface area contributed by atoms with Crippen LogP contribution in [0.5, 0.6) is 0 Å². The third kappa shape index (κ3) is 5.76. The molecule has 1 N–H and O–H groups in total. The van der Waals surface area contributed by atoms with Gasteiger partial charge in [-0.2, -0.15) is 5.10 Å². The third-order valence-electron chi connectivity index (χ3n) is 4.03. The molecule has 8 nitrogen and oxygen atoms in total. The molecule has 1 atom stereocenters. The van der Waals surface area contributed by atoms with Crippen LogP contribution in [-0.2, 0) is 11.3 Å². The first-order chi connectivity index (χ1) is 11.5. The Morgan fingerprint density at radius 3 is 2.88 bits per heavy atom. The van der Waals surface area contributed by atoms with Crippen molar-refractivity contribution in [1.82, 2.24) is 29.9 Å². The van der Waals surface area contributed by atoms with Crippen molar-refractivity contribution in [3.05, 3.63) is 11.6 Å². The van der Waals surface area contributed by atoms with E-state index in [2.05, 4.69) is 20.3 Å². The van der Waals surface area contributed by atoms with Crippen molar-refractivity contribution >= 4 is 6.03 Å². The lowest BCUT2D eigenvalue weighted by atomic mass is 10.1. The molecule has 136 valence electrons. The Hall–Kier alpha value is -1.67. The molecule has 1 aromatic heterocycles. The predicted molar refractivity (Wildman–Crippen MR) is 91.9 cm³/mol. The van der Waals surface area contributed by atoms with Gasteiger partial charge >= 0.3 is 6.03 Å².